The lowest BCUT2D eigenvalue weighted by molar-refractivity contribution is -0.128. The lowest BCUT2D eigenvalue weighted by Crippen LogP contribution is -2.46. The van der Waals surface area contributed by atoms with Crippen LogP contribution < -0.4 is 11.1 Å². The molecule has 2 rings (SSSR count). The number of amides is 1. The van der Waals surface area contributed by atoms with Gasteiger partial charge in [-0.1, -0.05) is 0 Å². The van der Waals surface area contributed by atoms with Crippen LogP contribution in [0.15, 0.2) is 0 Å². The van der Waals surface area contributed by atoms with Crippen molar-refractivity contribution >= 4 is 5.91 Å². The van der Waals surface area contributed by atoms with Gasteiger partial charge in [0.15, 0.2) is 0 Å². The fourth-order valence-electron chi connectivity index (χ4n) is 3.26. The summed E-state index contributed by atoms with van der Waals surface area (Å²) in [7, 11) is 0. The summed E-state index contributed by atoms with van der Waals surface area (Å²) in [5, 5.41) is 13.1. The normalized spacial score (nSPS) is 38.7. The molecule has 0 spiro atoms. The molecule has 4 N–H and O–H groups in total. The summed E-state index contributed by atoms with van der Waals surface area (Å²) < 4.78 is 0. The average molecular weight is 212 g/mol. The molecule has 2 aliphatic rings. The number of primary amides is 1. The predicted octanol–water partition coefficient (Wildman–Crippen LogP) is -0.000700. The van der Waals surface area contributed by atoms with Crippen molar-refractivity contribution in [3.05, 3.63) is 0 Å². The number of hydrogen-bond donors (Lipinski definition) is 3. The molecule has 0 aromatic rings. The third kappa shape index (κ3) is 2.16. The van der Waals surface area contributed by atoms with E-state index < -0.39 is 6.10 Å². The van der Waals surface area contributed by atoms with Crippen LogP contribution in [0.1, 0.15) is 32.6 Å². The van der Waals surface area contributed by atoms with E-state index in [1.807, 2.05) is 0 Å². The van der Waals surface area contributed by atoms with Gasteiger partial charge in [-0.2, -0.15) is 0 Å². The zero-order valence-electron chi connectivity index (χ0n) is 9.15. The molecule has 86 valence electrons. The summed E-state index contributed by atoms with van der Waals surface area (Å²) in [5.74, 6) is -0.451. The Morgan fingerprint density at radius 3 is 2.33 bits per heavy atom. The fourth-order valence-corrected chi connectivity index (χ4v) is 3.26. The second kappa shape index (κ2) is 4.10. The van der Waals surface area contributed by atoms with E-state index in [0.29, 0.717) is 12.1 Å². The Balaban J connectivity index is 2.05. The summed E-state index contributed by atoms with van der Waals surface area (Å²) in [4.78, 5) is 11.3. The number of rotatable bonds is 3. The van der Waals surface area contributed by atoms with E-state index >= 15 is 0 Å². The Hall–Kier alpha value is -0.610. The molecule has 2 bridgehead atoms. The van der Waals surface area contributed by atoms with Crippen LogP contribution in [0.3, 0.4) is 0 Å². The van der Waals surface area contributed by atoms with Crippen LogP contribution in [-0.2, 0) is 4.79 Å². The molecule has 2 fully saturated rings. The quantitative estimate of drug-likeness (QED) is 0.616. The smallest absolute Gasteiger partial charge is 0.223 e. The monoisotopic (exact) mass is 212 g/mol. The second-order valence-corrected chi connectivity index (χ2v) is 5.04. The molecule has 1 amide bonds. The molecular formula is C11H20N2O2. The maximum Gasteiger partial charge on any atom is 0.223 e. The number of piperidine rings is 1. The molecule has 5 atom stereocenters. The lowest BCUT2D eigenvalue weighted by Gasteiger charge is -2.34. The van der Waals surface area contributed by atoms with Crippen LogP contribution in [0, 0.1) is 11.8 Å². The number of hydrogen-bond acceptors (Lipinski definition) is 3. The maximum absolute atomic E-state index is 11.3. The van der Waals surface area contributed by atoms with Gasteiger partial charge in [-0.25, -0.2) is 0 Å². The molecule has 2 saturated heterocycles. The second-order valence-electron chi connectivity index (χ2n) is 5.04. The van der Waals surface area contributed by atoms with Crippen molar-refractivity contribution in [1.82, 2.24) is 5.32 Å². The molecule has 4 heteroatoms. The van der Waals surface area contributed by atoms with Gasteiger partial charge in [0.2, 0.25) is 5.91 Å². The van der Waals surface area contributed by atoms with Crippen LogP contribution in [0.4, 0.5) is 0 Å². The molecule has 4 nitrogen and oxygen atoms in total. The Labute approximate surface area is 90.2 Å². The standard InChI is InChI=1S/C11H20N2O2/c1-6(14)10(11(12)15)7-4-8-2-3-9(5-7)13-8/h6-10,13-14H,2-5H2,1H3,(H2,12,15)/t6?,7?,8-,9+,10?. The summed E-state index contributed by atoms with van der Waals surface area (Å²) >= 11 is 0. The van der Waals surface area contributed by atoms with Crippen LogP contribution in [0.5, 0.6) is 0 Å². The molecule has 0 saturated carbocycles. The van der Waals surface area contributed by atoms with E-state index in [0.717, 1.165) is 12.8 Å². The fraction of sp³-hybridized carbons (Fsp3) is 0.909. The molecule has 2 heterocycles. The predicted molar refractivity (Wildman–Crippen MR) is 57.0 cm³/mol. The van der Waals surface area contributed by atoms with Gasteiger partial charge in [0, 0.05) is 12.1 Å². The Morgan fingerprint density at radius 1 is 1.40 bits per heavy atom. The summed E-state index contributed by atoms with van der Waals surface area (Å²) in [6, 6.07) is 1.07. The number of aliphatic hydroxyl groups is 1. The van der Waals surface area contributed by atoms with Gasteiger partial charge < -0.3 is 16.2 Å². The maximum atomic E-state index is 11.3. The van der Waals surface area contributed by atoms with Gasteiger partial charge in [-0.05, 0) is 38.5 Å². The highest BCUT2D eigenvalue weighted by Gasteiger charge is 2.40. The minimum atomic E-state index is -0.620. The highest BCUT2D eigenvalue weighted by Crippen LogP contribution is 2.36. The van der Waals surface area contributed by atoms with Crippen molar-refractivity contribution in [2.75, 3.05) is 0 Å². The van der Waals surface area contributed by atoms with Crippen molar-refractivity contribution in [1.29, 1.82) is 0 Å². The molecule has 3 unspecified atom stereocenters. The van der Waals surface area contributed by atoms with Crippen LogP contribution in [-0.4, -0.2) is 29.2 Å². The molecule has 0 radical (unpaired) electrons. The van der Waals surface area contributed by atoms with Crippen molar-refractivity contribution in [3.63, 3.8) is 0 Å². The molecule has 0 aliphatic carbocycles. The van der Waals surface area contributed by atoms with Crippen LogP contribution in [0.2, 0.25) is 0 Å². The average Bonchev–Trinajstić information content (AvgIpc) is 2.44. The number of fused-ring (bicyclic) bond motifs is 2. The van der Waals surface area contributed by atoms with E-state index in [1.165, 1.54) is 12.8 Å². The molecular weight excluding hydrogens is 192 g/mol. The van der Waals surface area contributed by atoms with Crippen molar-refractivity contribution in [3.8, 4) is 0 Å². The zero-order valence-corrected chi connectivity index (χ0v) is 9.15. The first-order valence-electron chi connectivity index (χ1n) is 5.81. The third-order valence-corrected chi connectivity index (χ3v) is 3.87. The number of nitrogens with two attached hydrogens (primary N) is 1. The number of carbonyl (C=O) groups is 1. The van der Waals surface area contributed by atoms with Crippen molar-refractivity contribution in [2.45, 2.75) is 50.8 Å². The largest absolute Gasteiger partial charge is 0.393 e. The SMILES string of the molecule is CC(O)C(C(N)=O)C1C[C@H]2CC[C@@H](C1)N2. The van der Waals surface area contributed by atoms with Gasteiger partial charge in [0.1, 0.15) is 0 Å². The van der Waals surface area contributed by atoms with E-state index in [9.17, 15) is 9.90 Å². The lowest BCUT2D eigenvalue weighted by atomic mass is 9.79. The summed E-state index contributed by atoms with van der Waals surface area (Å²) in [6.45, 7) is 1.67. The third-order valence-electron chi connectivity index (χ3n) is 3.87. The van der Waals surface area contributed by atoms with Crippen molar-refractivity contribution in [2.24, 2.45) is 17.6 Å². The highest BCUT2D eigenvalue weighted by atomic mass is 16.3. The minimum Gasteiger partial charge on any atom is -0.393 e. The zero-order chi connectivity index (χ0) is 11.0. The van der Waals surface area contributed by atoms with Crippen LogP contribution in [0.25, 0.3) is 0 Å². The molecule has 15 heavy (non-hydrogen) atoms. The molecule has 0 aromatic heterocycles. The van der Waals surface area contributed by atoms with E-state index in [4.69, 9.17) is 5.73 Å². The Kier molecular flexibility index (Phi) is 2.98. The number of aliphatic hydroxyl groups excluding tert-OH is 1. The topological polar surface area (TPSA) is 75.3 Å². The number of carbonyl (C=O) groups excluding carboxylic acids is 1. The van der Waals surface area contributed by atoms with Gasteiger partial charge >= 0.3 is 0 Å². The first kappa shape index (κ1) is 10.9. The first-order valence-corrected chi connectivity index (χ1v) is 5.81. The van der Waals surface area contributed by atoms with E-state index in [1.54, 1.807) is 6.92 Å². The van der Waals surface area contributed by atoms with Gasteiger partial charge in [-0.3, -0.25) is 4.79 Å². The van der Waals surface area contributed by atoms with Gasteiger partial charge in [0.05, 0.1) is 12.0 Å². The number of nitrogens with one attached hydrogen (secondary N) is 1. The minimum absolute atomic E-state index is 0.265. The summed E-state index contributed by atoms with van der Waals surface area (Å²) in [6.07, 6.45) is 3.74. The molecule has 2 aliphatic heterocycles. The van der Waals surface area contributed by atoms with E-state index in [-0.39, 0.29) is 17.7 Å². The van der Waals surface area contributed by atoms with Gasteiger partial charge in [-0.15, -0.1) is 0 Å². The Morgan fingerprint density at radius 2 is 1.93 bits per heavy atom. The first-order chi connectivity index (χ1) is 7.08. The Bertz CT molecular complexity index is 243. The highest BCUT2D eigenvalue weighted by molar-refractivity contribution is 5.77. The molecule has 0 aromatic carbocycles. The van der Waals surface area contributed by atoms with Gasteiger partial charge in [0.25, 0.3) is 0 Å². The van der Waals surface area contributed by atoms with Crippen LogP contribution >= 0.6 is 0 Å². The summed E-state index contributed by atoms with van der Waals surface area (Å²) in [5.41, 5.74) is 5.36. The van der Waals surface area contributed by atoms with Crippen molar-refractivity contribution < 1.29 is 9.90 Å². The van der Waals surface area contributed by atoms with E-state index in [2.05, 4.69) is 5.32 Å².